The van der Waals surface area contributed by atoms with E-state index in [2.05, 4.69) is 0 Å². The Bertz CT molecular complexity index is 543. The number of rotatable bonds is 4. The Kier molecular flexibility index (Phi) is 3.05. The number of nitrogens with zero attached hydrogens (tertiary/aromatic N) is 1. The lowest BCUT2D eigenvalue weighted by Crippen LogP contribution is -2.14. The zero-order valence-corrected chi connectivity index (χ0v) is 9.04. The standard InChI is InChI=1S/C13H11NO3/c15-12(10-5-2-1-3-6-10)9-14-8-4-7-11(14)13(16)17/h1-8H,9H2,(H,16,17). The van der Waals surface area contributed by atoms with Crippen LogP contribution in [0.3, 0.4) is 0 Å². The number of aromatic nitrogens is 1. The molecule has 0 aliphatic rings. The van der Waals surface area contributed by atoms with Gasteiger partial charge in [0.2, 0.25) is 0 Å². The molecular formula is C13H11NO3. The maximum Gasteiger partial charge on any atom is 0.352 e. The summed E-state index contributed by atoms with van der Waals surface area (Å²) < 4.78 is 1.43. The van der Waals surface area contributed by atoms with E-state index in [0.717, 1.165) is 0 Å². The Morgan fingerprint density at radius 3 is 2.41 bits per heavy atom. The average molecular weight is 229 g/mol. The van der Waals surface area contributed by atoms with Crippen LogP contribution in [0.2, 0.25) is 0 Å². The molecule has 17 heavy (non-hydrogen) atoms. The molecule has 2 rings (SSSR count). The van der Waals surface area contributed by atoms with Crippen LogP contribution in [0.5, 0.6) is 0 Å². The number of hydrogen-bond donors (Lipinski definition) is 1. The van der Waals surface area contributed by atoms with Crippen LogP contribution in [0, 0.1) is 0 Å². The summed E-state index contributed by atoms with van der Waals surface area (Å²) in [4.78, 5) is 22.7. The van der Waals surface area contributed by atoms with Gasteiger partial charge in [-0.1, -0.05) is 30.3 Å². The van der Waals surface area contributed by atoms with E-state index in [1.54, 1.807) is 36.5 Å². The molecule has 1 aromatic heterocycles. The van der Waals surface area contributed by atoms with Crippen LogP contribution < -0.4 is 0 Å². The van der Waals surface area contributed by atoms with Gasteiger partial charge in [-0.2, -0.15) is 0 Å². The Morgan fingerprint density at radius 1 is 1.06 bits per heavy atom. The summed E-state index contributed by atoms with van der Waals surface area (Å²) in [7, 11) is 0. The summed E-state index contributed by atoms with van der Waals surface area (Å²) in [6, 6.07) is 11.9. The summed E-state index contributed by atoms with van der Waals surface area (Å²) >= 11 is 0. The van der Waals surface area contributed by atoms with Crippen LogP contribution in [0.25, 0.3) is 0 Å². The molecular weight excluding hydrogens is 218 g/mol. The molecule has 0 radical (unpaired) electrons. The van der Waals surface area contributed by atoms with Crippen molar-refractivity contribution in [1.82, 2.24) is 4.57 Å². The molecule has 0 unspecified atom stereocenters. The van der Waals surface area contributed by atoms with Gasteiger partial charge >= 0.3 is 5.97 Å². The molecule has 1 heterocycles. The van der Waals surface area contributed by atoms with E-state index in [9.17, 15) is 9.59 Å². The first-order valence-electron chi connectivity index (χ1n) is 5.15. The number of carboxylic acid groups (broad SMARTS) is 1. The van der Waals surface area contributed by atoms with Gasteiger partial charge in [-0.05, 0) is 12.1 Å². The highest BCUT2D eigenvalue weighted by atomic mass is 16.4. The van der Waals surface area contributed by atoms with Crippen molar-refractivity contribution in [2.45, 2.75) is 6.54 Å². The minimum absolute atomic E-state index is 0.0403. The van der Waals surface area contributed by atoms with Gasteiger partial charge in [0.1, 0.15) is 5.69 Å². The Hall–Kier alpha value is -2.36. The van der Waals surface area contributed by atoms with Gasteiger partial charge in [0.25, 0.3) is 0 Å². The monoisotopic (exact) mass is 229 g/mol. The first-order valence-corrected chi connectivity index (χ1v) is 5.15. The molecule has 0 fully saturated rings. The fourth-order valence-electron chi connectivity index (χ4n) is 1.62. The molecule has 86 valence electrons. The molecule has 1 aromatic carbocycles. The Morgan fingerprint density at radius 2 is 1.76 bits per heavy atom. The molecule has 0 spiro atoms. The van der Waals surface area contributed by atoms with Gasteiger partial charge in [-0.15, -0.1) is 0 Å². The van der Waals surface area contributed by atoms with Crippen LogP contribution in [0.1, 0.15) is 20.8 Å². The molecule has 0 atom stereocenters. The third kappa shape index (κ3) is 2.42. The van der Waals surface area contributed by atoms with Crippen LogP contribution in [-0.4, -0.2) is 21.4 Å². The van der Waals surface area contributed by atoms with Crippen molar-refractivity contribution < 1.29 is 14.7 Å². The van der Waals surface area contributed by atoms with Crippen molar-refractivity contribution in [3.63, 3.8) is 0 Å². The lowest BCUT2D eigenvalue weighted by atomic mass is 10.1. The zero-order chi connectivity index (χ0) is 12.3. The van der Waals surface area contributed by atoms with E-state index < -0.39 is 5.97 Å². The van der Waals surface area contributed by atoms with Gasteiger partial charge in [-0.25, -0.2) is 4.79 Å². The van der Waals surface area contributed by atoms with Crippen LogP contribution >= 0.6 is 0 Å². The van der Waals surface area contributed by atoms with Crippen molar-refractivity contribution in [3.05, 3.63) is 59.9 Å². The third-order valence-corrected chi connectivity index (χ3v) is 2.46. The first-order chi connectivity index (χ1) is 8.18. The molecule has 0 aliphatic carbocycles. The maximum absolute atomic E-state index is 11.9. The van der Waals surface area contributed by atoms with Crippen LogP contribution in [0.4, 0.5) is 0 Å². The highest BCUT2D eigenvalue weighted by Crippen LogP contribution is 2.06. The number of ketones is 1. The topological polar surface area (TPSA) is 59.3 Å². The van der Waals surface area contributed by atoms with Crippen molar-refractivity contribution in [3.8, 4) is 0 Å². The second kappa shape index (κ2) is 4.65. The van der Waals surface area contributed by atoms with Gasteiger partial charge in [0.15, 0.2) is 5.78 Å². The molecule has 0 saturated carbocycles. The number of benzene rings is 1. The lowest BCUT2D eigenvalue weighted by Gasteiger charge is -2.05. The highest BCUT2D eigenvalue weighted by Gasteiger charge is 2.12. The lowest BCUT2D eigenvalue weighted by molar-refractivity contribution is 0.0685. The van der Waals surface area contributed by atoms with Gasteiger partial charge in [0, 0.05) is 11.8 Å². The molecule has 0 bridgehead atoms. The summed E-state index contributed by atoms with van der Waals surface area (Å²) in [5.41, 5.74) is 0.701. The smallest absolute Gasteiger partial charge is 0.352 e. The molecule has 0 amide bonds. The summed E-state index contributed by atoms with van der Waals surface area (Å²) in [6.07, 6.45) is 1.59. The second-order valence-electron chi connectivity index (χ2n) is 3.62. The van der Waals surface area contributed by atoms with Crippen molar-refractivity contribution in [1.29, 1.82) is 0 Å². The van der Waals surface area contributed by atoms with Crippen LogP contribution in [-0.2, 0) is 6.54 Å². The van der Waals surface area contributed by atoms with Crippen LogP contribution in [0.15, 0.2) is 48.7 Å². The summed E-state index contributed by atoms with van der Waals surface area (Å²) in [6.45, 7) is 0.0403. The van der Waals surface area contributed by atoms with Gasteiger partial charge in [0.05, 0.1) is 6.54 Å². The van der Waals surface area contributed by atoms with Crippen molar-refractivity contribution >= 4 is 11.8 Å². The van der Waals surface area contributed by atoms with E-state index in [-0.39, 0.29) is 18.0 Å². The molecule has 0 aliphatic heterocycles. The van der Waals surface area contributed by atoms with E-state index in [4.69, 9.17) is 5.11 Å². The fraction of sp³-hybridized carbons (Fsp3) is 0.0769. The van der Waals surface area contributed by atoms with Crippen molar-refractivity contribution in [2.75, 3.05) is 0 Å². The quantitative estimate of drug-likeness (QED) is 0.816. The number of Topliss-reactive ketones (excluding diaryl/α,β-unsaturated/α-hetero) is 1. The normalized spacial score (nSPS) is 10.1. The number of carboxylic acids is 1. The van der Waals surface area contributed by atoms with E-state index >= 15 is 0 Å². The number of hydrogen-bond acceptors (Lipinski definition) is 2. The summed E-state index contributed by atoms with van der Waals surface area (Å²) in [5.74, 6) is -1.14. The average Bonchev–Trinajstić information content (AvgIpc) is 2.78. The minimum Gasteiger partial charge on any atom is -0.477 e. The minimum atomic E-state index is -1.03. The highest BCUT2D eigenvalue weighted by molar-refractivity contribution is 5.96. The first kappa shape index (κ1) is 11.1. The maximum atomic E-state index is 11.9. The zero-order valence-electron chi connectivity index (χ0n) is 9.04. The predicted molar refractivity (Wildman–Crippen MR) is 62.2 cm³/mol. The summed E-state index contributed by atoms with van der Waals surface area (Å²) in [5, 5.41) is 8.91. The molecule has 2 aromatic rings. The largest absolute Gasteiger partial charge is 0.477 e. The van der Waals surface area contributed by atoms with Gasteiger partial charge < -0.3 is 9.67 Å². The second-order valence-corrected chi connectivity index (χ2v) is 3.62. The molecule has 1 N–H and O–H groups in total. The Balaban J connectivity index is 2.19. The van der Waals surface area contributed by atoms with Gasteiger partial charge in [-0.3, -0.25) is 4.79 Å². The third-order valence-electron chi connectivity index (χ3n) is 2.46. The number of carbonyl (C=O) groups is 2. The number of carbonyl (C=O) groups excluding carboxylic acids is 1. The predicted octanol–water partition coefficient (Wildman–Crippen LogP) is 2.07. The van der Waals surface area contributed by atoms with E-state index in [1.165, 1.54) is 10.6 Å². The fourth-order valence-corrected chi connectivity index (χ4v) is 1.62. The molecule has 4 nitrogen and oxygen atoms in total. The SMILES string of the molecule is O=C(Cn1cccc1C(=O)O)c1ccccc1. The Labute approximate surface area is 98.1 Å². The van der Waals surface area contributed by atoms with Crippen molar-refractivity contribution in [2.24, 2.45) is 0 Å². The molecule has 4 heteroatoms. The molecule has 0 saturated heterocycles. The van der Waals surface area contributed by atoms with E-state index in [1.807, 2.05) is 6.07 Å². The number of aromatic carboxylic acids is 1. The van der Waals surface area contributed by atoms with E-state index in [0.29, 0.717) is 5.56 Å².